The maximum atomic E-state index is 12.2. The standard InChI is InChI=1S/C19H26N4O2/c1-14-8-4-5-9-15(14)18-21-17(25-22-18)12-16(24)20-13-19(2,3)23-10-6-7-11-23/h4-5,8-9H,6-7,10-13H2,1-3H3,(H,20,24). The van der Waals surface area contributed by atoms with Crippen LogP contribution in [0.5, 0.6) is 0 Å². The van der Waals surface area contributed by atoms with Crippen molar-refractivity contribution in [2.75, 3.05) is 19.6 Å². The third-order valence-corrected chi connectivity index (χ3v) is 4.85. The molecule has 3 rings (SSSR count). The van der Waals surface area contributed by atoms with Crippen molar-refractivity contribution < 1.29 is 9.32 Å². The Bertz CT molecular complexity index is 733. The van der Waals surface area contributed by atoms with Gasteiger partial charge in [-0.05, 0) is 52.3 Å². The van der Waals surface area contributed by atoms with Crippen LogP contribution >= 0.6 is 0 Å². The topological polar surface area (TPSA) is 71.3 Å². The maximum absolute atomic E-state index is 12.2. The van der Waals surface area contributed by atoms with Crippen LogP contribution < -0.4 is 5.32 Å². The third-order valence-electron chi connectivity index (χ3n) is 4.85. The molecule has 0 radical (unpaired) electrons. The molecular formula is C19H26N4O2. The van der Waals surface area contributed by atoms with Crippen molar-refractivity contribution >= 4 is 5.91 Å². The Kier molecular flexibility index (Phi) is 5.18. The summed E-state index contributed by atoms with van der Waals surface area (Å²) in [5, 5.41) is 7.00. The Morgan fingerprint density at radius 2 is 2.00 bits per heavy atom. The van der Waals surface area contributed by atoms with E-state index in [9.17, 15) is 4.79 Å². The van der Waals surface area contributed by atoms with Gasteiger partial charge in [0.05, 0.1) is 0 Å². The maximum Gasteiger partial charge on any atom is 0.236 e. The van der Waals surface area contributed by atoms with Gasteiger partial charge in [-0.15, -0.1) is 0 Å². The van der Waals surface area contributed by atoms with Gasteiger partial charge in [-0.25, -0.2) is 0 Å². The summed E-state index contributed by atoms with van der Waals surface area (Å²) >= 11 is 0. The summed E-state index contributed by atoms with van der Waals surface area (Å²) in [7, 11) is 0. The van der Waals surface area contributed by atoms with Crippen LogP contribution in [0.15, 0.2) is 28.8 Å². The number of aryl methyl sites for hydroxylation is 1. The van der Waals surface area contributed by atoms with Crippen LogP contribution in [0.3, 0.4) is 0 Å². The van der Waals surface area contributed by atoms with Crippen LogP contribution in [0.25, 0.3) is 11.4 Å². The van der Waals surface area contributed by atoms with Gasteiger partial charge in [0.2, 0.25) is 17.6 Å². The molecule has 0 spiro atoms. The summed E-state index contributed by atoms with van der Waals surface area (Å²) in [5.74, 6) is 0.778. The second-order valence-electron chi connectivity index (χ2n) is 7.29. The Morgan fingerprint density at radius 1 is 1.28 bits per heavy atom. The summed E-state index contributed by atoms with van der Waals surface area (Å²) in [6.45, 7) is 9.16. The molecule has 0 aliphatic carbocycles. The quantitative estimate of drug-likeness (QED) is 0.874. The molecule has 1 aliphatic rings. The van der Waals surface area contributed by atoms with Crippen molar-refractivity contribution in [1.82, 2.24) is 20.4 Å². The lowest BCUT2D eigenvalue weighted by Crippen LogP contribution is -2.50. The molecule has 134 valence electrons. The highest BCUT2D eigenvalue weighted by Gasteiger charge is 2.29. The highest BCUT2D eigenvalue weighted by atomic mass is 16.5. The van der Waals surface area contributed by atoms with Gasteiger partial charge in [-0.3, -0.25) is 9.69 Å². The van der Waals surface area contributed by atoms with E-state index in [-0.39, 0.29) is 17.9 Å². The Morgan fingerprint density at radius 3 is 2.72 bits per heavy atom. The monoisotopic (exact) mass is 342 g/mol. The van der Waals surface area contributed by atoms with Crippen molar-refractivity contribution in [2.24, 2.45) is 0 Å². The Labute approximate surface area is 148 Å². The highest BCUT2D eigenvalue weighted by Crippen LogP contribution is 2.21. The molecule has 2 aromatic rings. The molecule has 0 unspecified atom stereocenters. The SMILES string of the molecule is Cc1ccccc1-c1noc(CC(=O)NCC(C)(C)N2CCCC2)n1. The van der Waals surface area contributed by atoms with Gasteiger partial charge in [-0.2, -0.15) is 4.98 Å². The molecule has 0 saturated carbocycles. The van der Waals surface area contributed by atoms with Crippen LogP contribution in [0.2, 0.25) is 0 Å². The van der Waals surface area contributed by atoms with Gasteiger partial charge in [-0.1, -0.05) is 29.4 Å². The van der Waals surface area contributed by atoms with E-state index in [1.807, 2.05) is 31.2 Å². The number of hydrogen-bond donors (Lipinski definition) is 1. The third kappa shape index (κ3) is 4.25. The molecule has 0 atom stereocenters. The van der Waals surface area contributed by atoms with Gasteiger partial charge in [0.25, 0.3) is 0 Å². The molecule has 2 heterocycles. The number of rotatable bonds is 6. The molecule has 25 heavy (non-hydrogen) atoms. The first kappa shape index (κ1) is 17.6. The number of likely N-dealkylation sites (tertiary alicyclic amines) is 1. The lowest BCUT2D eigenvalue weighted by molar-refractivity contribution is -0.121. The van der Waals surface area contributed by atoms with E-state index in [2.05, 4.69) is 34.2 Å². The molecule has 1 saturated heterocycles. The van der Waals surface area contributed by atoms with Gasteiger partial charge < -0.3 is 9.84 Å². The average molecular weight is 342 g/mol. The molecule has 0 bridgehead atoms. The molecule has 6 heteroatoms. The van der Waals surface area contributed by atoms with Gasteiger partial charge in [0.1, 0.15) is 6.42 Å². The average Bonchev–Trinajstić information content (AvgIpc) is 3.25. The number of carbonyl (C=O) groups excluding carboxylic acids is 1. The van der Waals surface area contributed by atoms with E-state index in [1.54, 1.807) is 0 Å². The fourth-order valence-corrected chi connectivity index (χ4v) is 3.21. The van der Waals surface area contributed by atoms with Gasteiger partial charge >= 0.3 is 0 Å². The van der Waals surface area contributed by atoms with Crippen LogP contribution in [0, 0.1) is 6.92 Å². The number of carbonyl (C=O) groups is 1. The van der Waals surface area contributed by atoms with Crippen LogP contribution in [-0.4, -0.2) is 46.1 Å². The van der Waals surface area contributed by atoms with E-state index < -0.39 is 0 Å². The zero-order chi connectivity index (χ0) is 17.9. The molecule has 1 aromatic heterocycles. The molecular weight excluding hydrogens is 316 g/mol. The number of nitrogens with zero attached hydrogens (tertiary/aromatic N) is 3. The van der Waals surface area contributed by atoms with E-state index in [4.69, 9.17) is 4.52 Å². The van der Waals surface area contributed by atoms with E-state index in [1.165, 1.54) is 12.8 Å². The number of benzene rings is 1. The van der Waals surface area contributed by atoms with Crippen molar-refractivity contribution in [3.8, 4) is 11.4 Å². The second-order valence-corrected chi connectivity index (χ2v) is 7.29. The summed E-state index contributed by atoms with van der Waals surface area (Å²) in [5.41, 5.74) is 1.97. The minimum atomic E-state index is -0.0905. The molecule has 1 aromatic carbocycles. The second kappa shape index (κ2) is 7.35. The molecule has 1 amide bonds. The molecule has 1 N–H and O–H groups in total. The minimum Gasteiger partial charge on any atom is -0.354 e. The molecule has 6 nitrogen and oxygen atoms in total. The van der Waals surface area contributed by atoms with Crippen LogP contribution in [0.4, 0.5) is 0 Å². The zero-order valence-electron chi connectivity index (χ0n) is 15.2. The predicted octanol–water partition coefficient (Wildman–Crippen LogP) is 2.58. The Hall–Kier alpha value is -2.21. The summed E-state index contributed by atoms with van der Waals surface area (Å²) in [6, 6.07) is 7.85. The van der Waals surface area contributed by atoms with Crippen LogP contribution in [0.1, 0.15) is 38.1 Å². The summed E-state index contributed by atoms with van der Waals surface area (Å²) in [4.78, 5) is 19.0. The lowest BCUT2D eigenvalue weighted by atomic mass is 10.0. The number of hydrogen-bond acceptors (Lipinski definition) is 5. The number of aromatic nitrogens is 2. The van der Waals surface area contributed by atoms with E-state index in [0.29, 0.717) is 18.3 Å². The van der Waals surface area contributed by atoms with Gasteiger partial charge in [0, 0.05) is 17.6 Å². The first-order chi connectivity index (χ1) is 12.0. The fraction of sp³-hybridized carbons (Fsp3) is 0.526. The summed E-state index contributed by atoms with van der Waals surface area (Å²) < 4.78 is 5.24. The van der Waals surface area contributed by atoms with Gasteiger partial charge in [0.15, 0.2) is 0 Å². The largest absolute Gasteiger partial charge is 0.354 e. The number of amides is 1. The minimum absolute atomic E-state index is 0.0344. The smallest absolute Gasteiger partial charge is 0.236 e. The van der Waals surface area contributed by atoms with Crippen molar-refractivity contribution in [3.05, 3.63) is 35.7 Å². The summed E-state index contributed by atoms with van der Waals surface area (Å²) in [6.07, 6.45) is 2.58. The number of nitrogens with one attached hydrogen (secondary N) is 1. The van der Waals surface area contributed by atoms with Crippen molar-refractivity contribution in [3.63, 3.8) is 0 Å². The molecule has 1 aliphatic heterocycles. The fourth-order valence-electron chi connectivity index (χ4n) is 3.21. The normalized spacial score (nSPS) is 15.5. The van der Waals surface area contributed by atoms with Crippen molar-refractivity contribution in [1.29, 1.82) is 0 Å². The Balaban J connectivity index is 1.56. The highest BCUT2D eigenvalue weighted by molar-refractivity contribution is 5.77. The molecule has 1 fully saturated rings. The van der Waals surface area contributed by atoms with E-state index >= 15 is 0 Å². The lowest BCUT2D eigenvalue weighted by Gasteiger charge is -2.35. The first-order valence-corrected chi connectivity index (χ1v) is 8.86. The van der Waals surface area contributed by atoms with E-state index in [0.717, 1.165) is 24.2 Å². The first-order valence-electron chi connectivity index (χ1n) is 8.86. The van der Waals surface area contributed by atoms with Crippen LogP contribution in [-0.2, 0) is 11.2 Å². The van der Waals surface area contributed by atoms with Crippen molar-refractivity contribution in [2.45, 2.75) is 45.6 Å². The zero-order valence-corrected chi connectivity index (χ0v) is 15.2. The predicted molar refractivity (Wildman–Crippen MR) is 96.1 cm³/mol.